The number of hydrogen-bond donors (Lipinski definition) is 0. The van der Waals surface area contributed by atoms with Crippen molar-refractivity contribution in [2.45, 2.75) is 52.6 Å². The van der Waals surface area contributed by atoms with Gasteiger partial charge in [-0.2, -0.15) is 0 Å². The predicted octanol–water partition coefficient (Wildman–Crippen LogP) is 7.03. The van der Waals surface area contributed by atoms with Gasteiger partial charge < -0.3 is 4.74 Å². The molecule has 0 aliphatic carbocycles. The first-order chi connectivity index (χ1) is 16.7. The zero-order valence-corrected chi connectivity index (χ0v) is 21.0. The zero-order valence-electron chi connectivity index (χ0n) is 21.0. The molecule has 0 spiro atoms. The number of aromatic nitrogens is 1. The maximum absolute atomic E-state index is 13.4. The minimum absolute atomic E-state index is 0.138. The Balaban J connectivity index is 1.81. The van der Waals surface area contributed by atoms with E-state index in [0.717, 1.165) is 27.6 Å². The highest BCUT2D eigenvalue weighted by Gasteiger charge is 2.37. The van der Waals surface area contributed by atoms with Gasteiger partial charge in [-0.15, -0.1) is 0 Å². The lowest BCUT2D eigenvalue weighted by Gasteiger charge is -2.32. The number of rotatable bonds is 7. The highest BCUT2D eigenvalue weighted by molar-refractivity contribution is 5.93. The Hall–Kier alpha value is -3.66. The van der Waals surface area contributed by atoms with E-state index >= 15 is 0 Å². The van der Waals surface area contributed by atoms with Crippen LogP contribution in [0.3, 0.4) is 0 Å². The number of fused-ring (bicyclic) bond motifs is 1. The van der Waals surface area contributed by atoms with Crippen LogP contribution < -0.4 is 0 Å². The van der Waals surface area contributed by atoms with Gasteiger partial charge in [-0.1, -0.05) is 78.9 Å². The van der Waals surface area contributed by atoms with E-state index in [9.17, 15) is 9.59 Å². The number of carbonyl (C=O) groups is 2. The fourth-order valence-electron chi connectivity index (χ4n) is 4.75. The number of para-hydroxylation sites is 1. The van der Waals surface area contributed by atoms with Crippen LogP contribution in [-0.4, -0.2) is 22.0 Å². The van der Waals surface area contributed by atoms with Crippen LogP contribution in [0, 0.1) is 5.41 Å². The molecule has 4 heteroatoms. The van der Waals surface area contributed by atoms with E-state index in [-0.39, 0.29) is 5.78 Å². The number of benzene rings is 3. The molecule has 0 N–H and O–H groups in total. The lowest BCUT2D eigenvalue weighted by Crippen LogP contribution is -2.36. The maximum Gasteiger partial charge on any atom is 0.419 e. The molecule has 0 unspecified atom stereocenters. The summed E-state index contributed by atoms with van der Waals surface area (Å²) in [5.41, 5.74) is 2.73. The lowest BCUT2D eigenvalue weighted by molar-refractivity contribution is -0.126. The smallest absolute Gasteiger partial charge is 0.419 e. The van der Waals surface area contributed by atoms with E-state index in [4.69, 9.17) is 4.74 Å². The van der Waals surface area contributed by atoms with E-state index in [0.29, 0.717) is 19.3 Å². The number of ether oxygens (including phenoxy) is 1. The largest absolute Gasteiger partial charge is 0.443 e. The molecule has 1 heterocycles. The molecule has 1 aromatic heterocycles. The van der Waals surface area contributed by atoms with Crippen molar-refractivity contribution in [1.82, 2.24) is 4.57 Å². The van der Waals surface area contributed by atoms with E-state index in [2.05, 4.69) is 24.3 Å². The second-order valence-corrected chi connectivity index (χ2v) is 10.4. The van der Waals surface area contributed by atoms with E-state index in [1.165, 1.54) is 0 Å². The van der Waals surface area contributed by atoms with Crippen LogP contribution in [0.15, 0.2) is 91.1 Å². The van der Waals surface area contributed by atoms with Gasteiger partial charge in [0.25, 0.3) is 0 Å². The normalized spacial score (nSPS) is 12.0. The standard InChI is InChI=1S/C31H33NO3/c1-23(33)31(19-24-13-7-5-8-14-24,20-25-15-9-6-10-16-25)21-26-22-32(29(34)35-30(2,3)4)28-18-12-11-17-27(26)28/h5-18,22H,19-21H2,1-4H3. The SMILES string of the molecule is CC(=O)C(Cc1ccccc1)(Cc1ccccc1)Cc1cn(C(=O)OC(C)(C)C)c2ccccc12. The minimum atomic E-state index is -0.661. The van der Waals surface area contributed by atoms with Crippen molar-refractivity contribution in [1.29, 1.82) is 0 Å². The molecule has 4 rings (SSSR count). The van der Waals surface area contributed by atoms with Crippen molar-refractivity contribution in [3.63, 3.8) is 0 Å². The van der Waals surface area contributed by atoms with E-state index in [1.807, 2.05) is 87.6 Å². The Morgan fingerprint density at radius 2 is 1.26 bits per heavy atom. The fourth-order valence-corrected chi connectivity index (χ4v) is 4.75. The zero-order chi connectivity index (χ0) is 25.1. The molecule has 0 radical (unpaired) electrons. The van der Waals surface area contributed by atoms with Gasteiger partial charge in [0.15, 0.2) is 0 Å². The highest BCUT2D eigenvalue weighted by Crippen LogP contribution is 2.36. The highest BCUT2D eigenvalue weighted by atomic mass is 16.6. The molecule has 0 aliphatic heterocycles. The Bertz CT molecular complexity index is 1270. The Morgan fingerprint density at radius 3 is 1.77 bits per heavy atom. The molecular formula is C31H33NO3. The third-order valence-corrected chi connectivity index (χ3v) is 6.43. The van der Waals surface area contributed by atoms with Crippen molar-refractivity contribution in [2.24, 2.45) is 5.41 Å². The van der Waals surface area contributed by atoms with Gasteiger partial charge in [0.05, 0.1) is 5.52 Å². The first-order valence-electron chi connectivity index (χ1n) is 12.1. The second kappa shape index (κ2) is 9.91. The number of Topliss-reactive ketones (excluding diaryl/α,β-unsaturated/α-hetero) is 1. The molecule has 0 bridgehead atoms. The molecule has 4 aromatic rings. The molecule has 0 amide bonds. The molecule has 0 atom stereocenters. The summed E-state index contributed by atoms with van der Waals surface area (Å²) in [4.78, 5) is 26.5. The van der Waals surface area contributed by atoms with Crippen LogP contribution in [0.2, 0.25) is 0 Å². The second-order valence-electron chi connectivity index (χ2n) is 10.4. The summed E-state index contributed by atoms with van der Waals surface area (Å²) >= 11 is 0. The molecule has 4 nitrogen and oxygen atoms in total. The minimum Gasteiger partial charge on any atom is -0.443 e. The fraction of sp³-hybridized carbons (Fsp3) is 0.290. The van der Waals surface area contributed by atoms with Crippen molar-refractivity contribution in [3.8, 4) is 0 Å². The monoisotopic (exact) mass is 467 g/mol. The summed E-state index contributed by atoms with van der Waals surface area (Å²) in [6, 6.07) is 28.2. The van der Waals surface area contributed by atoms with Gasteiger partial charge in [0.1, 0.15) is 11.4 Å². The molecule has 35 heavy (non-hydrogen) atoms. The summed E-state index contributed by atoms with van der Waals surface area (Å²) in [5, 5.41) is 0.963. The van der Waals surface area contributed by atoms with Crippen LogP contribution in [0.1, 0.15) is 44.4 Å². The molecule has 0 saturated carbocycles. The third kappa shape index (κ3) is 5.71. The van der Waals surface area contributed by atoms with Crippen molar-refractivity contribution >= 4 is 22.8 Å². The first-order valence-corrected chi connectivity index (χ1v) is 12.1. The summed E-state index contributed by atoms with van der Waals surface area (Å²) < 4.78 is 7.25. The van der Waals surface area contributed by atoms with Crippen LogP contribution in [0.4, 0.5) is 4.79 Å². The van der Waals surface area contributed by atoms with Crippen LogP contribution in [0.5, 0.6) is 0 Å². The van der Waals surface area contributed by atoms with Gasteiger partial charge in [-0.05, 0) is 69.7 Å². The predicted molar refractivity (Wildman–Crippen MR) is 141 cm³/mol. The number of carbonyl (C=O) groups excluding carboxylic acids is 2. The van der Waals surface area contributed by atoms with Gasteiger partial charge in [-0.25, -0.2) is 4.79 Å². The van der Waals surface area contributed by atoms with Gasteiger partial charge >= 0.3 is 6.09 Å². The van der Waals surface area contributed by atoms with E-state index < -0.39 is 17.1 Å². The third-order valence-electron chi connectivity index (χ3n) is 6.43. The number of hydrogen-bond acceptors (Lipinski definition) is 3. The first kappa shape index (κ1) is 24.5. The Labute approximate surface area is 207 Å². The van der Waals surface area contributed by atoms with E-state index in [1.54, 1.807) is 11.5 Å². The van der Waals surface area contributed by atoms with Crippen molar-refractivity contribution in [3.05, 3.63) is 108 Å². The molecule has 0 saturated heterocycles. The quantitative estimate of drug-likeness (QED) is 0.293. The van der Waals surface area contributed by atoms with Crippen LogP contribution in [-0.2, 0) is 28.8 Å². The summed E-state index contributed by atoms with van der Waals surface area (Å²) in [6.45, 7) is 7.27. The molecule has 0 aliphatic rings. The van der Waals surface area contributed by atoms with Gasteiger partial charge in [0, 0.05) is 17.0 Å². The Morgan fingerprint density at radius 1 is 0.743 bits per heavy atom. The summed E-state index contributed by atoms with van der Waals surface area (Å²) in [7, 11) is 0. The molecule has 0 fully saturated rings. The molecular weight excluding hydrogens is 434 g/mol. The summed E-state index contributed by atoms with van der Waals surface area (Å²) in [6.07, 6.45) is 3.18. The molecule has 3 aromatic carbocycles. The lowest BCUT2D eigenvalue weighted by atomic mass is 9.70. The summed E-state index contributed by atoms with van der Waals surface area (Å²) in [5.74, 6) is 0.138. The van der Waals surface area contributed by atoms with Crippen molar-refractivity contribution in [2.75, 3.05) is 0 Å². The van der Waals surface area contributed by atoms with Crippen molar-refractivity contribution < 1.29 is 14.3 Å². The van der Waals surface area contributed by atoms with Crippen LogP contribution >= 0.6 is 0 Å². The number of ketones is 1. The number of nitrogens with zero attached hydrogens (tertiary/aromatic N) is 1. The Kier molecular flexibility index (Phi) is 6.93. The topological polar surface area (TPSA) is 48.3 Å². The maximum atomic E-state index is 13.4. The average molecular weight is 468 g/mol. The average Bonchev–Trinajstić information content (AvgIpc) is 3.18. The van der Waals surface area contributed by atoms with Crippen LogP contribution in [0.25, 0.3) is 10.9 Å². The van der Waals surface area contributed by atoms with Gasteiger partial charge in [-0.3, -0.25) is 9.36 Å². The van der Waals surface area contributed by atoms with Gasteiger partial charge in [0.2, 0.25) is 0 Å². The molecule has 180 valence electrons.